The molecule has 4 heteroatoms. The molecule has 2 atom stereocenters. The quantitative estimate of drug-likeness (QED) is 0.448. The smallest absolute Gasteiger partial charge is 0.337 e. The highest BCUT2D eigenvalue weighted by molar-refractivity contribution is 5.90. The molecule has 0 saturated carbocycles. The van der Waals surface area contributed by atoms with Crippen LogP contribution >= 0.6 is 0 Å². The first-order valence-corrected chi connectivity index (χ1v) is 5.98. The summed E-state index contributed by atoms with van der Waals surface area (Å²) < 4.78 is 5.23. The van der Waals surface area contributed by atoms with Crippen molar-refractivity contribution in [1.82, 2.24) is 0 Å². The lowest BCUT2D eigenvalue weighted by atomic mass is 9.99. The van der Waals surface area contributed by atoms with Gasteiger partial charge in [0, 0.05) is 6.42 Å². The lowest BCUT2D eigenvalue weighted by molar-refractivity contribution is -0.151. The molecule has 0 aliphatic carbocycles. The number of aliphatic hydroxyl groups excluding tert-OH is 2. The van der Waals surface area contributed by atoms with Gasteiger partial charge in [0.15, 0.2) is 0 Å². The van der Waals surface area contributed by atoms with E-state index in [9.17, 15) is 15.0 Å². The van der Waals surface area contributed by atoms with Crippen LogP contribution in [0.2, 0.25) is 0 Å². The van der Waals surface area contributed by atoms with Gasteiger partial charge in [-0.05, 0) is 34.6 Å². The minimum absolute atomic E-state index is 0.0310. The summed E-state index contributed by atoms with van der Waals surface area (Å²) >= 11 is 0. The number of ether oxygens (including phenoxy) is 1. The third-order valence-corrected chi connectivity index (χ3v) is 2.23. The van der Waals surface area contributed by atoms with Gasteiger partial charge in [0.1, 0.15) is 5.60 Å². The Balaban J connectivity index is 4.95. The lowest BCUT2D eigenvalue weighted by Crippen LogP contribution is -2.30. The predicted molar refractivity (Wildman–Crippen MR) is 71.0 cm³/mol. The van der Waals surface area contributed by atoms with Gasteiger partial charge in [0.05, 0.1) is 17.8 Å². The minimum Gasteiger partial charge on any atom is -0.457 e. The second-order valence-corrected chi connectivity index (χ2v) is 5.47. The summed E-state index contributed by atoms with van der Waals surface area (Å²) in [6, 6.07) is 0. The van der Waals surface area contributed by atoms with Crippen molar-refractivity contribution in [3.05, 3.63) is 23.8 Å². The third-order valence-electron chi connectivity index (χ3n) is 2.23. The SMILES string of the molecule is C=CC(O)CC(O)C(C(=O)OC(C)(C)C)=C(C)C. The predicted octanol–water partition coefficient (Wildman–Crippen LogP) is 1.96. The maximum atomic E-state index is 12.0. The van der Waals surface area contributed by atoms with Crippen molar-refractivity contribution in [2.24, 2.45) is 0 Å². The first-order chi connectivity index (χ1) is 8.08. The second kappa shape index (κ2) is 6.71. The second-order valence-electron chi connectivity index (χ2n) is 5.47. The normalized spacial score (nSPS) is 14.6. The summed E-state index contributed by atoms with van der Waals surface area (Å²) in [5, 5.41) is 19.4. The highest BCUT2D eigenvalue weighted by Gasteiger charge is 2.26. The number of rotatable bonds is 5. The summed E-state index contributed by atoms with van der Waals surface area (Å²) in [5.74, 6) is -0.550. The van der Waals surface area contributed by atoms with E-state index in [-0.39, 0.29) is 12.0 Å². The van der Waals surface area contributed by atoms with Crippen molar-refractivity contribution in [3.63, 3.8) is 0 Å². The van der Waals surface area contributed by atoms with Gasteiger partial charge in [0.2, 0.25) is 0 Å². The summed E-state index contributed by atoms with van der Waals surface area (Å²) in [7, 11) is 0. The molecule has 0 bridgehead atoms. The van der Waals surface area contributed by atoms with E-state index in [1.165, 1.54) is 6.08 Å². The van der Waals surface area contributed by atoms with Crippen LogP contribution in [0.25, 0.3) is 0 Å². The Hall–Kier alpha value is -1.13. The number of aliphatic hydroxyl groups is 2. The summed E-state index contributed by atoms with van der Waals surface area (Å²) in [6.07, 6.45) is -0.556. The van der Waals surface area contributed by atoms with Crippen molar-refractivity contribution in [2.75, 3.05) is 0 Å². The van der Waals surface area contributed by atoms with Gasteiger partial charge in [-0.1, -0.05) is 11.6 Å². The van der Waals surface area contributed by atoms with Gasteiger partial charge in [-0.25, -0.2) is 4.79 Å². The number of allylic oxidation sites excluding steroid dienone is 1. The van der Waals surface area contributed by atoms with Crippen LogP contribution < -0.4 is 0 Å². The van der Waals surface area contributed by atoms with Crippen LogP contribution in [0.1, 0.15) is 41.0 Å². The van der Waals surface area contributed by atoms with E-state index in [1.807, 2.05) is 0 Å². The van der Waals surface area contributed by atoms with Crippen molar-refractivity contribution >= 4 is 5.97 Å². The molecule has 0 rings (SSSR count). The first kappa shape index (κ1) is 16.9. The van der Waals surface area contributed by atoms with Crippen molar-refractivity contribution in [3.8, 4) is 0 Å². The van der Waals surface area contributed by atoms with E-state index in [0.717, 1.165) is 0 Å². The zero-order valence-electron chi connectivity index (χ0n) is 11.9. The molecular formula is C14H24O4. The van der Waals surface area contributed by atoms with Gasteiger partial charge in [-0.3, -0.25) is 0 Å². The Morgan fingerprint density at radius 3 is 2.17 bits per heavy atom. The molecule has 0 amide bonds. The molecule has 0 radical (unpaired) electrons. The standard InChI is InChI=1S/C14H24O4/c1-7-10(15)8-11(16)12(9(2)3)13(17)18-14(4,5)6/h7,10-11,15-16H,1,8H2,2-6H3. The fourth-order valence-electron chi connectivity index (χ4n) is 1.45. The minimum atomic E-state index is -1.06. The van der Waals surface area contributed by atoms with E-state index < -0.39 is 23.8 Å². The molecule has 0 aromatic carbocycles. The number of carbonyl (C=O) groups excluding carboxylic acids is 1. The molecule has 104 valence electrons. The highest BCUT2D eigenvalue weighted by Crippen LogP contribution is 2.19. The summed E-state index contributed by atoms with van der Waals surface area (Å²) in [4.78, 5) is 12.0. The highest BCUT2D eigenvalue weighted by atomic mass is 16.6. The Kier molecular flexibility index (Phi) is 6.29. The molecule has 0 fully saturated rings. The zero-order chi connectivity index (χ0) is 14.5. The van der Waals surface area contributed by atoms with Gasteiger partial charge in [0.25, 0.3) is 0 Å². The van der Waals surface area contributed by atoms with Gasteiger partial charge < -0.3 is 14.9 Å². The number of hydrogen-bond acceptors (Lipinski definition) is 4. The molecule has 0 aliphatic heterocycles. The molecule has 0 aliphatic rings. The molecule has 0 spiro atoms. The molecule has 0 saturated heterocycles. The van der Waals surface area contributed by atoms with E-state index in [1.54, 1.807) is 34.6 Å². The lowest BCUT2D eigenvalue weighted by Gasteiger charge is -2.23. The fourth-order valence-corrected chi connectivity index (χ4v) is 1.45. The van der Waals surface area contributed by atoms with E-state index in [0.29, 0.717) is 5.57 Å². The average Bonchev–Trinajstić information content (AvgIpc) is 2.13. The maximum absolute atomic E-state index is 12.0. The Bertz CT molecular complexity index is 332. The molecule has 0 aromatic rings. The Morgan fingerprint density at radius 1 is 1.33 bits per heavy atom. The molecule has 0 heterocycles. The summed E-state index contributed by atoms with van der Waals surface area (Å²) in [5.41, 5.74) is 0.257. The first-order valence-electron chi connectivity index (χ1n) is 5.98. The Labute approximate surface area is 109 Å². The number of hydrogen-bond donors (Lipinski definition) is 2. The fraction of sp³-hybridized carbons (Fsp3) is 0.643. The summed E-state index contributed by atoms with van der Waals surface area (Å²) in [6.45, 7) is 12.2. The van der Waals surface area contributed by atoms with Crippen molar-refractivity contribution in [2.45, 2.75) is 58.8 Å². The van der Waals surface area contributed by atoms with Crippen molar-refractivity contribution < 1.29 is 19.7 Å². The van der Waals surface area contributed by atoms with Gasteiger partial charge in [-0.15, -0.1) is 6.58 Å². The third kappa shape index (κ3) is 5.98. The number of esters is 1. The topological polar surface area (TPSA) is 66.8 Å². The van der Waals surface area contributed by atoms with E-state index >= 15 is 0 Å². The van der Waals surface area contributed by atoms with Crippen molar-refractivity contribution in [1.29, 1.82) is 0 Å². The van der Waals surface area contributed by atoms with Crippen LogP contribution in [0.4, 0.5) is 0 Å². The molecular weight excluding hydrogens is 232 g/mol. The Morgan fingerprint density at radius 2 is 1.83 bits per heavy atom. The van der Waals surface area contributed by atoms with Crippen LogP contribution in [0.15, 0.2) is 23.8 Å². The molecule has 0 aromatic heterocycles. The monoisotopic (exact) mass is 256 g/mol. The van der Waals surface area contributed by atoms with Crippen LogP contribution in [-0.2, 0) is 9.53 Å². The van der Waals surface area contributed by atoms with Gasteiger partial charge in [-0.2, -0.15) is 0 Å². The average molecular weight is 256 g/mol. The van der Waals surface area contributed by atoms with Crippen LogP contribution in [-0.4, -0.2) is 34.0 Å². The molecule has 4 nitrogen and oxygen atoms in total. The van der Waals surface area contributed by atoms with E-state index in [4.69, 9.17) is 4.74 Å². The maximum Gasteiger partial charge on any atom is 0.337 e. The zero-order valence-corrected chi connectivity index (χ0v) is 11.9. The van der Waals surface area contributed by atoms with Crippen LogP contribution in [0.3, 0.4) is 0 Å². The molecule has 2 unspecified atom stereocenters. The molecule has 18 heavy (non-hydrogen) atoms. The van der Waals surface area contributed by atoms with E-state index in [2.05, 4.69) is 6.58 Å². The van der Waals surface area contributed by atoms with Crippen LogP contribution in [0.5, 0.6) is 0 Å². The van der Waals surface area contributed by atoms with Crippen LogP contribution in [0, 0.1) is 0 Å². The molecule has 2 N–H and O–H groups in total. The van der Waals surface area contributed by atoms with Gasteiger partial charge >= 0.3 is 5.97 Å². The largest absolute Gasteiger partial charge is 0.457 e. The number of carbonyl (C=O) groups is 1.